The van der Waals surface area contributed by atoms with Gasteiger partial charge in [0.25, 0.3) is 5.78 Å². The van der Waals surface area contributed by atoms with Crippen LogP contribution in [0.25, 0.3) is 0 Å². The molecule has 1 aliphatic heterocycles. The maximum Gasteiger partial charge on any atom is 0.377 e. The molecular formula is C12H11NO4. The second-order valence-corrected chi connectivity index (χ2v) is 4.47. The topological polar surface area (TPSA) is 83.5 Å². The van der Waals surface area contributed by atoms with Crippen molar-refractivity contribution in [3.63, 3.8) is 0 Å². The molecule has 88 valence electrons. The number of carboxylic acids is 1. The number of nitrogens with one attached hydrogen (secondary N) is 1. The van der Waals surface area contributed by atoms with Gasteiger partial charge in [-0.15, -0.1) is 0 Å². The van der Waals surface area contributed by atoms with E-state index < -0.39 is 17.2 Å². The van der Waals surface area contributed by atoms with Crippen LogP contribution < -0.4 is 5.32 Å². The summed E-state index contributed by atoms with van der Waals surface area (Å²) in [5.74, 6) is -2.63. The van der Waals surface area contributed by atoms with Gasteiger partial charge in [0.15, 0.2) is 0 Å². The fourth-order valence-corrected chi connectivity index (χ4v) is 1.84. The Balaban J connectivity index is 2.53. The summed E-state index contributed by atoms with van der Waals surface area (Å²) in [7, 11) is 0. The largest absolute Gasteiger partial charge is 0.475 e. The Kier molecular flexibility index (Phi) is 2.27. The van der Waals surface area contributed by atoms with Crippen molar-refractivity contribution in [2.75, 3.05) is 5.32 Å². The van der Waals surface area contributed by atoms with E-state index in [-0.39, 0.29) is 11.5 Å². The van der Waals surface area contributed by atoms with Crippen LogP contribution in [0.2, 0.25) is 0 Å². The molecule has 2 rings (SSSR count). The molecule has 17 heavy (non-hydrogen) atoms. The van der Waals surface area contributed by atoms with Crippen LogP contribution >= 0.6 is 0 Å². The van der Waals surface area contributed by atoms with Gasteiger partial charge in [-0.3, -0.25) is 9.59 Å². The summed E-state index contributed by atoms with van der Waals surface area (Å²) in [6.07, 6.45) is 0. The van der Waals surface area contributed by atoms with Crippen LogP contribution in [0.15, 0.2) is 18.2 Å². The maximum atomic E-state index is 11.7. The van der Waals surface area contributed by atoms with Gasteiger partial charge in [-0.2, -0.15) is 0 Å². The first kappa shape index (κ1) is 11.3. The number of benzene rings is 1. The molecule has 1 aromatic carbocycles. The minimum absolute atomic E-state index is 0.0841. The van der Waals surface area contributed by atoms with Crippen molar-refractivity contribution in [3.05, 3.63) is 29.3 Å². The number of carboxylic acid groups (broad SMARTS) is 1. The standard InChI is InChI=1S/C12H11NO4/c1-12(2)7-5-6(9(14)10(15)16)3-4-8(7)13-11(12)17/h3-5H,1-2H3,(H,13,17)(H,15,16). The quantitative estimate of drug-likeness (QED) is 0.593. The molecule has 5 heteroatoms. The third-order valence-corrected chi connectivity index (χ3v) is 2.97. The van der Waals surface area contributed by atoms with Gasteiger partial charge in [0.1, 0.15) is 0 Å². The highest BCUT2D eigenvalue weighted by Crippen LogP contribution is 2.37. The van der Waals surface area contributed by atoms with Crippen molar-refractivity contribution in [2.24, 2.45) is 0 Å². The Bertz CT molecular complexity index is 545. The molecule has 0 aromatic heterocycles. The second kappa shape index (κ2) is 3.41. The number of hydrogen-bond acceptors (Lipinski definition) is 3. The van der Waals surface area contributed by atoms with Crippen LogP contribution in [0.5, 0.6) is 0 Å². The summed E-state index contributed by atoms with van der Waals surface area (Å²) in [6, 6.07) is 4.42. The fourth-order valence-electron chi connectivity index (χ4n) is 1.84. The highest BCUT2D eigenvalue weighted by atomic mass is 16.4. The van der Waals surface area contributed by atoms with Crippen LogP contribution in [0.1, 0.15) is 29.8 Å². The second-order valence-electron chi connectivity index (χ2n) is 4.47. The zero-order chi connectivity index (χ0) is 12.8. The third-order valence-electron chi connectivity index (χ3n) is 2.97. The molecule has 0 aliphatic carbocycles. The van der Waals surface area contributed by atoms with Crippen LogP contribution in [0.3, 0.4) is 0 Å². The molecule has 1 amide bonds. The van der Waals surface area contributed by atoms with Crippen molar-refractivity contribution in [2.45, 2.75) is 19.3 Å². The molecule has 1 aromatic rings. The first-order chi connectivity index (χ1) is 7.84. The van der Waals surface area contributed by atoms with E-state index >= 15 is 0 Å². The van der Waals surface area contributed by atoms with Gasteiger partial charge < -0.3 is 10.4 Å². The van der Waals surface area contributed by atoms with Gasteiger partial charge in [-0.05, 0) is 37.6 Å². The molecule has 5 nitrogen and oxygen atoms in total. The van der Waals surface area contributed by atoms with E-state index in [4.69, 9.17) is 5.11 Å². The third kappa shape index (κ3) is 1.60. The number of rotatable bonds is 2. The van der Waals surface area contributed by atoms with Gasteiger partial charge in [0.05, 0.1) is 5.41 Å². The van der Waals surface area contributed by atoms with Crippen molar-refractivity contribution < 1.29 is 19.5 Å². The van der Waals surface area contributed by atoms with Crippen LogP contribution in [-0.2, 0) is 15.0 Å². The molecule has 2 N–H and O–H groups in total. The lowest BCUT2D eigenvalue weighted by molar-refractivity contribution is -0.131. The first-order valence-electron chi connectivity index (χ1n) is 5.07. The van der Waals surface area contributed by atoms with E-state index in [2.05, 4.69) is 5.32 Å². The van der Waals surface area contributed by atoms with E-state index in [1.807, 2.05) is 0 Å². The molecule has 0 fully saturated rings. The van der Waals surface area contributed by atoms with Crippen molar-refractivity contribution in [1.82, 2.24) is 0 Å². The van der Waals surface area contributed by atoms with E-state index in [9.17, 15) is 14.4 Å². The number of ketones is 1. The highest BCUT2D eigenvalue weighted by Gasteiger charge is 2.38. The van der Waals surface area contributed by atoms with Crippen LogP contribution in [0.4, 0.5) is 5.69 Å². The lowest BCUT2D eigenvalue weighted by atomic mass is 9.85. The molecule has 1 aliphatic rings. The van der Waals surface area contributed by atoms with E-state index in [0.29, 0.717) is 11.3 Å². The summed E-state index contributed by atoms with van der Waals surface area (Å²) in [5, 5.41) is 11.3. The van der Waals surface area contributed by atoms with Gasteiger partial charge >= 0.3 is 5.97 Å². The lowest BCUT2D eigenvalue weighted by Crippen LogP contribution is -2.27. The highest BCUT2D eigenvalue weighted by molar-refractivity contribution is 6.40. The van der Waals surface area contributed by atoms with Gasteiger partial charge in [0, 0.05) is 11.3 Å². The number of amides is 1. The average Bonchev–Trinajstić information content (AvgIpc) is 2.49. The fraction of sp³-hybridized carbons (Fsp3) is 0.250. The summed E-state index contributed by atoms with van der Waals surface area (Å²) in [4.78, 5) is 33.6. The zero-order valence-electron chi connectivity index (χ0n) is 9.40. The summed E-state index contributed by atoms with van der Waals surface area (Å²) in [6.45, 7) is 3.45. The van der Waals surface area contributed by atoms with Crippen LogP contribution in [0, 0.1) is 0 Å². The molecule has 1 heterocycles. The Morgan fingerprint density at radius 1 is 1.29 bits per heavy atom. The number of aliphatic carboxylic acids is 1. The zero-order valence-corrected chi connectivity index (χ0v) is 9.40. The van der Waals surface area contributed by atoms with Crippen LogP contribution in [-0.4, -0.2) is 22.8 Å². The predicted octanol–water partition coefficient (Wildman–Crippen LogP) is 1.18. The summed E-state index contributed by atoms with van der Waals surface area (Å²) in [5.41, 5.74) is 0.613. The van der Waals surface area contributed by atoms with E-state index in [1.54, 1.807) is 19.9 Å². The summed E-state index contributed by atoms with van der Waals surface area (Å²) < 4.78 is 0. The van der Waals surface area contributed by atoms with Gasteiger partial charge in [-0.25, -0.2) is 4.79 Å². The number of anilines is 1. The SMILES string of the molecule is CC1(C)C(=O)Nc2ccc(C(=O)C(=O)O)cc21. The number of Topliss-reactive ketones (excluding diaryl/α,β-unsaturated/α-hetero) is 1. The van der Waals surface area contributed by atoms with Crippen molar-refractivity contribution in [1.29, 1.82) is 0 Å². The number of carbonyl (C=O) groups is 3. The number of hydrogen-bond donors (Lipinski definition) is 2. The first-order valence-corrected chi connectivity index (χ1v) is 5.07. The molecule has 0 unspecified atom stereocenters. The molecule has 0 saturated heterocycles. The van der Waals surface area contributed by atoms with Crippen molar-refractivity contribution >= 4 is 23.3 Å². The average molecular weight is 233 g/mol. The van der Waals surface area contributed by atoms with Crippen molar-refractivity contribution in [3.8, 4) is 0 Å². The molecular weight excluding hydrogens is 222 g/mol. The normalized spacial score (nSPS) is 16.2. The molecule has 0 bridgehead atoms. The number of fused-ring (bicyclic) bond motifs is 1. The molecule has 0 spiro atoms. The monoisotopic (exact) mass is 233 g/mol. The van der Waals surface area contributed by atoms with Gasteiger partial charge in [0.2, 0.25) is 5.91 Å². The Morgan fingerprint density at radius 3 is 2.53 bits per heavy atom. The maximum absolute atomic E-state index is 11.7. The van der Waals surface area contributed by atoms with Gasteiger partial charge in [-0.1, -0.05) is 0 Å². The Labute approximate surface area is 97.4 Å². The minimum atomic E-state index is -1.50. The lowest BCUT2D eigenvalue weighted by Gasteiger charge is -2.15. The smallest absolute Gasteiger partial charge is 0.377 e. The molecule has 0 radical (unpaired) electrons. The van der Waals surface area contributed by atoms with E-state index in [1.165, 1.54) is 12.1 Å². The summed E-state index contributed by atoms with van der Waals surface area (Å²) >= 11 is 0. The Hall–Kier alpha value is -2.17. The molecule has 0 saturated carbocycles. The molecule has 0 atom stereocenters. The minimum Gasteiger partial charge on any atom is -0.475 e. The van der Waals surface area contributed by atoms with E-state index in [0.717, 1.165) is 0 Å². The Morgan fingerprint density at radius 2 is 1.94 bits per heavy atom. The number of carbonyl (C=O) groups excluding carboxylic acids is 2. The predicted molar refractivity (Wildman–Crippen MR) is 60.1 cm³/mol.